The Bertz CT molecular complexity index is 2240. The molecule has 0 aliphatic carbocycles. The van der Waals surface area contributed by atoms with E-state index in [4.69, 9.17) is 19.4 Å². The number of pyridine rings is 2. The monoisotopic (exact) mass is 889 g/mol. The van der Waals surface area contributed by atoms with Crippen molar-refractivity contribution >= 4 is 50.8 Å². The molecule has 0 saturated heterocycles. The Kier molecular flexibility index (Phi) is 10.7. The Labute approximate surface area is 307 Å². The molecule has 0 saturated carbocycles. The first kappa shape index (κ1) is 36.7. The van der Waals surface area contributed by atoms with Crippen LogP contribution in [0.1, 0.15) is 51.4 Å². The maximum atomic E-state index is 6.31. The maximum absolute atomic E-state index is 6.31. The Hall–Kier alpha value is -3.58. The summed E-state index contributed by atoms with van der Waals surface area (Å²) in [6.07, 6.45) is 3.27. The fourth-order valence-corrected chi connectivity index (χ4v) is 9.63. The number of imidazole rings is 1. The molecule has 4 aromatic heterocycles. The van der Waals surface area contributed by atoms with Gasteiger partial charge in [0.1, 0.15) is 0 Å². The van der Waals surface area contributed by atoms with Crippen LogP contribution in [0.15, 0.2) is 83.4 Å². The average molecular weight is 888 g/mol. The van der Waals surface area contributed by atoms with Crippen LogP contribution in [0.3, 0.4) is 0 Å². The second-order valence-electron chi connectivity index (χ2n) is 15.3. The zero-order chi connectivity index (χ0) is 34.4. The molecule has 1 radical (unpaired) electrons. The molecule has 5 nitrogen and oxygen atoms in total. The third-order valence-corrected chi connectivity index (χ3v) is 13.1. The van der Waals surface area contributed by atoms with Gasteiger partial charge >= 0.3 is 126 Å². The van der Waals surface area contributed by atoms with Crippen molar-refractivity contribution in [1.82, 2.24) is 19.5 Å². The smallest absolute Gasteiger partial charge is 0.216 e. The SMILES string of the molecule is CC(C)Cc1cc(-c2[c-]cccc2)nc[c]1[Ge]([CH3])([CH3])[CH3].Cc1c[c-]c(-c2nc3ccccc3n2C)c2oc3nc(C(C)(C)C)ccc3c12.[Ir]. The molecule has 0 aliphatic rings. The molecule has 0 spiro atoms. The maximum Gasteiger partial charge on any atom is 0.216 e. The van der Waals surface area contributed by atoms with E-state index < -0.39 is 13.3 Å². The van der Waals surface area contributed by atoms with Crippen molar-refractivity contribution in [2.24, 2.45) is 13.0 Å². The molecule has 0 unspecified atom stereocenters. The van der Waals surface area contributed by atoms with Crippen molar-refractivity contribution in [3.63, 3.8) is 0 Å². The predicted molar refractivity (Wildman–Crippen MR) is 204 cm³/mol. The molecule has 4 heterocycles. The van der Waals surface area contributed by atoms with E-state index in [9.17, 15) is 0 Å². The van der Waals surface area contributed by atoms with Crippen LogP contribution in [-0.4, -0.2) is 32.8 Å². The van der Waals surface area contributed by atoms with Gasteiger partial charge in [-0.05, 0) is 24.3 Å². The van der Waals surface area contributed by atoms with Gasteiger partial charge in [-0.15, -0.1) is 17.7 Å². The Morgan fingerprint density at radius 3 is 2.33 bits per heavy atom. The van der Waals surface area contributed by atoms with Crippen LogP contribution < -0.4 is 4.40 Å². The largest absolute Gasteiger partial charge is 0.486 e. The number of fused-ring (bicyclic) bond motifs is 4. The molecule has 0 atom stereocenters. The molecule has 0 fully saturated rings. The number of nitrogens with zero attached hydrogens (tertiary/aromatic N) is 4. The van der Waals surface area contributed by atoms with Crippen molar-refractivity contribution in [2.45, 2.75) is 70.6 Å². The number of furan rings is 1. The summed E-state index contributed by atoms with van der Waals surface area (Å²) in [5.74, 6) is 8.84. The molecular formula is C42H46GeIrN4O-2. The number of aryl methyl sites for hydroxylation is 2. The molecular weight excluding hydrogens is 841 g/mol. The number of hydrogen-bond donors (Lipinski definition) is 0. The summed E-state index contributed by atoms with van der Waals surface area (Å²) in [5.41, 5.74) is 10.1. The quantitative estimate of drug-likeness (QED) is 0.128. The number of rotatable bonds is 5. The van der Waals surface area contributed by atoms with Gasteiger partial charge in [-0.3, -0.25) is 4.98 Å². The molecule has 3 aromatic carbocycles. The Morgan fingerprint density at radius 1 is 0.939 bits per heavy atom. The van der Waals surface area contributed by atoms with E-state index in [2.05, 4.69) is 112 Å². The van der Waals surface area contributed by atoms with Crippen LogP contribution in [0.2, 0.25) is 17.3 Å². The topological polar surface area (TPSA) is 56.7 Å². The second kappa shape index (κ2) is 14.3. The van der Waals surface area contributed by atoms with Crippen molar-refractivity contribution < 1.29 is 24.5 Å². The van der Waals surface area contributed by atoms with Crippen LogP contribution in [0.4, 0.5) is 0 Å². The van der Waals surface area contributed by atoms with E-state index in [0.29, 0.717) is 11.6 Å². The molecule has 7 aromatic rings. The molecule has 0 N–H and O–H groups in total. The molecule has 7 rings (SSSR count). The summed E-state index contributed by atoms with van der Waals surface area (Å²) in [4.78, 5) is 14.4. The predicted octanol–water partition coefficient (Wildman–Crippen LogP) is 10.2. The summed E-state index contributed by atoms with van der Waals surface area (Å²) in [7, 11) is 2.03. The van der Waals surface area contributed by atoms with Gasteiger partial charge in [0, 0.05) is 43.6 Å². The minimum absolute atomic E-state index is 0. The minimum atomic E-state index is -1.86. The van der Waals surface area contributed by atoms with Gasteiger partial charge in [0.15, 0.2) is 0 Å². The van der Waals surface area contributed by atoms with Crippen LogP contribution in [-0.2, 0) is 39.0 Å². The van der Waals surface area contributed by atoms with Crippen LogP contribution in [0.25, 0.3) is 55.7 Å². The summed E-state index contributed by atoms with van der Waals surface area (Å²) >= 11 is -1.86. The van der Waals surface area contributed by atoms with Gasteiger partial charge in [-0.2, -0.15) is 0 Å². The zero-order valence-electron chi connectivity index (χ0n) is 30.3. The average Bonchev–Trinajstić information content (AvgIpc) is 3.59. The van der Waals surface area contributed by atoms with Crippen LogP contribution >= 0.6 is 0 Å². The van der Waals surface area contributed by atoms with Gasteiger partial charge in [-0.25, -0.2) is 4.98 Å². The van der Waals surface area contributed by atoms with E-state index in [1.165, 1.54) is 5.56 Å². The summed E-state index contributed by atoms with van der Waals surface area (Å²) in [6, 6.07) is 31.4. The fourth-order valence-electron chi connectivity index (χ4n) is 6.30. The van der Waals surface area contributed by atoms with Gasteiger partial charge < -0.3 is 8.98 Å². The molecule has 49 heavy (non-hydrogen) atoms. The van der Waals surface area contributed by atoms with Gasteiger partial charge in [0.2, 0.25) is 5.71 Å². The van der Waals surface area contributed by atoms with Gasteiger partial charge in [-0.1, -0.05) is 50.8 Å². The molecule has 7 heteroatoms. The summed E-state index contributed by atoms with van der Waals surface area (Å²) < 4.78 is 9.94. The van der Waals surface area contributed by atoms with E-state index in [0.717, 1.165) is 67.7 Å². The Balaban J connectivity index is 0.000000199. The third-order valence-electron chi connectivity index (χ3n) is 8.80. The first-order valence-corrected chi connectivity index (χ1v) is 24.2. The van der Waals surface area contributed by atoms with Crippen molar-refractivity contribution in [3.05, 3.63) is 108 Å². The number of aromatic nitrogens is 4. The number of hydrogen-bond acceptors (Lipinski definition) is 4. The minimum Gasteiger partial charge on any atom is -0.486 e. The Morgan fingerprint density at radius 2 is 1.67 bits per heavy atom. The van der Waals surface area contributed by atoms with Crippen LogP contribution in [0, 0.1) is 25.0 Å². The van der Waals surface area contributed by atoms with E-state index in [-0.39, 0.29) is 25.5 Å². The third kappa shape index (κ3) is 7.62. The normalized spacial score (nSPS) is 12.0. The van der Waals surface area contributed by atoms with E-state index in [1.807, 2.05) is 49.5 Å². The van der Waals surface area contributed by atoms with Gasteiger partial charge in [0.25, 0.3) is 0 Å². The molecule has 0 aliphatic heterocycles. The van der Waals surface area contributed by atoms with Crippen molar-refractivity contribution in [2.75, 3.05) is 0 Å². The standard InChI is InChI=1S/C24H22N3O.C18H24GeN.Ir/c1-14-10-11-16(22-25-17-8-6-7-9-18(17)27(22)5)21-20(14)15-12-13-19(24(2,3)4)26-23(15)28-21;1-14(2)11-16-12-18(15-9-7-6-8-10-15)20-13-17(16)19(3,4)5;/h6-10,12-13H,1-5H3;6-9,12-14H,11H2,1-5H3;/q2*-1;. The summed E-state index contributed by atoms with van der Waals surface area (Å²) in [6.45, 7) is 13.1. The zero-order valence-corrected chi connectivity index (χ0v) is 34.8. The van der Waals surface area contributed by atoms with Crippen molar-refractivity contribution in [3.8, 4) is 22.6 Å². The van der Waals surface area contributed by atoms with E-state index in [1.54, 1.807) is 4.40 Å². The first-order valence-electron chi connectivity index (χ1n) is 16.9. The van der Waals surface area contributed by atoms with Gasteiger partial charge in [0.05, 0.1) is 22.4 Å². The number of para-hydroxylation sites is 2. The second-order valence-corrected chi connectivity index (χ2v) is 25.9. The molecule has 255 valence electrons. The van der Waals surface area contributed by atoms with Crippen molar-refractivity contribution in [1.29, 1.82) is 0 Å². The first-order chi connectivity index (χ1) is 22.7. The molecule has 0 amide bonds. The van der Waals surface area contributed by atoms with E-state index >= 15 is 0 Å². The van der Waals surface area contributed by atoms with Crippen LogP contribution in [0.5, 0.6) is 0 Å². The fraction of sp³-hybridized carbons (Fsp3) is 0.310. The molecule has 0 bridgehead atoms. The summed E-state index contributed by atoms with van der Waals surface area (Å²) in [5, 5.41) is 2.12. The number of benzene rings is 3.